The van der Waals surface area contributed by atoms with Crippen molar-refractivity contribution in [3.8, 4) is 0 Å². The molecule has 0 aliphatic heterocycles. The molecule has 3 N–H and O–H groups in total. The van der Waals surface area contributed by atoms with Crippen LogP contribution in [0.15, 0.2) is 0 Å². The van der Waals surface area contributed by atoms with Crippen molar-refractivity contribution in [1.82, 2.24) is 0 Å². The summed E-state index contributed by atoms with van der Waals surface area (Å²) < 4.78 is 68.2. The number of hydrogen-bond donors (Lipinski definition) is 3. The Balaban J connectivity index is 5.18. The Hall–Kier alpha value is -1.94. The van der Waals surface area contributed by atoms with Crippen molar-refractivity contribution in [2.45, 2.75) is 387 Å². The van der Waals surface area contributed by atoms with Gasteiger partial charge in [-0.05, 0) is 31.6 Å². The van der Waals surface area contributed by atoms with Crippen LogP contribution in [-0.2, 0) is 65.4 Å². The SMILES string of the molecule is CCCCCCCCCCCCCCCC(=O)OC[C@H](COP(=O)(O)OC[C@@H](O)COP(=O)(O)OC[C@@H](COC(=O)CCCCCCCCCC)OC(=O)CCCCCCCCCCCC)OC(=O)CCCCCCCCCCCCCCCCCCC(C)C. The second kappa shape index (κ2) is 64.4. The van der Waals surface area contributed by atoms with Gasteiger partial charge in [-0.1, -0.05) is 317 Å². The molecule has 0 bridgehead atoms. The lowest BCUT2D eigenvalue weighted by molar-refractivity contribution is -0.161. The van der Waals surface area contributed by atoms with E-state index in [4.69, 9.17) is 37.0 Å². The lowest BCUT2D eigenvalue weighted by Crippen LogP contribution is -2.30. The van der Waals surface area contributed by atoms with Crippen molar-refractivity contribution in [3.05, 3.63) is 0 Å². The lowest BCUT2D eigenvalue weighted by Gasteiger charge is -2.21. The number of aliphatic hydroxyl groups excluding tert-OH is 1. The van der Waals surface area contributed by atoms with Gasteiger partial charge < -0.3 is 33.8 Å². The van der Waals surface area contributed by atoms with Crippen LogP contribution in [0.5, 0.6) is 0 Å². The fourth-order valence-electron chi connectivity index (χ4n) is 10.8. The zero-order valence-corrected chi connectivity index (χ0v) is 60.1. The van der Waals surface area contributed by atoms with Crippen molar-refractivity contribution in [3.63, 3.8) is 0 Å². The predicted octanol–water partition coefficient (Wildman–Crippen LogP) is 20.5. The van der Waals surface area contributed by atoms with Crippen LogP contribution in [0, 0.1) is 5.92 Å². The van der Waals surface area contributed by atoms with E-state index >= 15 is 0 Å². The van der Waals surface area contributed by atoms with E-state index in [2.05, 4.69) is 34.6 Å². The average molecular weight is 1330 g/mol. The van der Waals surface area contributed by atoms with E-state index in [1.807, 2.05) is 0 Å². The fraction of sp³-hybridized carbons (Fsp3) is 0.944. The highest BCUT2D eigenvalue weighted by Crippen LogP contribution is 2.45. The summed E-state index contributed by atoms with van der Waals surface area (Å²) in [5.74, 6) is -1.31. The smallest absolute Gasteiger partial charge is 0.462 e. The van der Waals surface area contributed by atoms with E-state index in [-0.39, 0.29) is 25.7 Å². The molecule has 0 saturated carbocycles. The number of unbranched alkanes of at least 4 members (excludes halogenated alkanes) is 43. The number of carbonyl (C=O) groups is 4. The van der Waals surface area contributed by atoms with Gasteiger partial charge in [0.2, 0.25) is 0 Å². The molecule has 0 aliphatic carbocycles. The van der Waals surface area contributed by atoms with Gasteiger partial charge in [-0.3, -0.25) is 37.3 Å². The molecule has 0 heterocycles. The summed E-state index contributed by atoms with van der Waals surface area (Å²) in [6.07, 6.45) is 51.3. The van der Waals surface area contributed by atoms with E-state index in [9.17, 15) is 43.2 Å². The van der Waals surface area contributed by atoms with Gasteiger partial charge in [-0.2, -0.15) is 0 Å². The molecule has 90 heavy (non-hydrogen) atoms. The van der Waals surface area contributed by atoms with Crippen molar-refractivity contribution in [1.29, 1.82) is 0 Å². The number of phosphoric acid groups is 2. The van der Waals surface area contributed by atoms with E-state index < -0.39 is 97.5 Å². The number of aliphatic hydroxyl groups is 1. The van der Waals surface area contributed by atoms with E-state index in [1.54, 1.807) is 0 Å². The van der Waals surface area contributed by atoms with E-state index in [0.29, 0.717) is 25.7 Å². The maximum absolute atomic E-state index is 13.0. The Labute approximate surface area is 549 Å². The first-order valence-corrected chi connectivity index (χ1v) is 40.1. The molecule has 0 spiro atoms. The molecule has 0 saturated heterocycles. The number of ether oxygens (including phenoxy) is 4. The Kier molecular flexibility index (Phi) is 63.0. The number of carbonyl (C=O) groups excluding carboxylic acids is 4. The second-order valence-corrected chi connectivity index (χ2v) is 29.0. The molecule has 0 rings (SSSR count). The molecular formula is C71H138O17P2. The van der Waals surface area contributed by atoms with Crippen molar-refractivity contribution >= 4 is 39.5 Å². The summed E-state index contributed by atoms with van der Waals surface area (Å²) >= 11 is 0. The fourth-order valence-corrected chi connectivity index (χ4v) is 12.4. The highest BCUT2D eigenvalue weighted by atomic mass is 31.2. The van der Waals surface area contributed by atoms with Gasteiger partial charge >= 0.3 is 39.5 Å². The molecule has 534 valence electrons. The van der Waals surface area contributed by atoms with Crippen LogP contribution in [0.1, 0.15) is 369 Å². The van der Waals surface area contributed by atoms with Gasteiger partial charge in [0.15, 0.2) is 12.2 Å². The minimum atomic E-state index is -4.95. The molecule has 0 aromatic carbocycles. The Bertz CT molecular complexity index is 1740. The summed E-state index contributed by atoms with van der Waals surface area (Å²) in [5.41, 5.74) is 0. The van der Waals surface area contributed by atoms with Crippen molar-refractivity contribution < 1.29 is 80.2 Å². The van der Waals surface area contributed by atoms with Crippen LogP contribution < -0.4 is 0 Å². The van der Waals surface area contributed by atoms with Crippen molar-refractivity contribution in [2.24, 2.45) is 5.92 Å². The molecule has 0 amide bonds. The molecule has 17 nitrogen and oxygen atoms in total. The zero-order valence-electron chi connectivity index (χ0n) is 58.3. The van der Waals surface area contributed by atoms with E-state index in [1.165, 1.54) is 186 Å². The number of phosphoric ester groups is 2. The Morgan fingerprint density at radius 2 is 0.511 bits per heavy atom. The van der Waals surface area contributed by atoms with Gasteiger partial charge in [0.05, 0.1) is 26.4 Å². The first kappa shape index (κ1) is 88.1. The highest BCUT2D eigenvalue weighted by molar-refractivity contribution is 7.47. The summed E-state index contributed by atoms with van der Waals surface area (Å²) in [5, 5.41) is 10.6. The number of hydrogen-bond acceptors (Lipinski definition) is 15. The van der Waals surface area contributed by atoms with Crippen LogP contribution in [0.4, 0.5) is 0 Å². The quantitative estimate of drug-likeness (QED) is 0.0222. The summed E-state index contributed by atoms with van der Waals surface area (Å²) in [6, 6.07) is 0. The maximum atomic E-state index is 13.0. The van der Waals surface area contributed by atoms with Gasteiger partial charge in [0.25, 0.3) is 0 Å². The second-order valence-electron chi connectivity index (χ2n) is 26.1. The van der Waals surface area contributed by atoms with Gasteiger partial charge in [0, 0.05) is 25.7 Å². The molecule has 0 radical (unpaired) electrons. The largest absolute Gasteiger partial charge is 0.472 e. The molecule has 0 aromatic heterocycles. The zero-order chi connectivity index (χ0) is 66.3. The first-order valence-electron chi connectivity index (χ1n) is 37.1. The molecule has 0 aliphatic rings. The monoisotopic (exact) mass is 1320 g/mol. The molecule has 0 fully saturated rings. The van der Waals surface area contributed by atoms with Crippen LogP contribution in [-0.4, -0.2) is 96.7 Å². The maximum Gasteiger partial charge on any atom is 0.472 e. The van der Waals surface area contributed by atoms with Gasteiger partial charge in [-0.15, -0.1) is 0 Å². The van der Waals surface area contributed by atoms with Crippen LogP contribution >= 0.6 is 15.6 Å². The van der Waals surface area contributed by atoms with Crippen LogP contribution in [0.3, 0.4) is 0 Å². The Morgan fingerprint density at radius 3 is 0.756 bits per heavy atom. The Morgan fingerprint density at radius 1 is 0.300 bits per heavy atom. The average Bonchev–Trinajstić information content (AvgIpc) is 3.70. The topological polar surface area (TPSA) is 237 Å². The third-order valence-corrected chi connectivity index (χ3v) is 18.4. The summed E-state index contributed by atoms with van der Waals surface area (Å²) in [6.45, 7) is 7.25. The molecular weight excluding hydrogens is 1190 g/mol. The minimum absolute atomic E-state index is 0.107. The third-order valence-electron chi connectivity index (χ3n) is 16.5. The van der Waals surface area contributed by atoms with Gasteiger partial charge in [0.1, 0.15) is 19.3 Å². The summed E-state index contributed by atoms with van der Waals surface area (Å²) in [4.78, 5) is 72.4. The predicted molar refractivity (Wildman–Crippen MR) is 363 cm³/mol. The highest BCUT2D eigenvalue weighted by Gasteiger charge is 2.30. The lowest BCUT2D eigenvalue weighted by atomic mass is 10.0. The normalized spacial score (nSPS) is 14.1. The summed E-state index contributed by atoms with van der Waals surface area (Å²) in [7, 11) is -9.89. The van der Waals surface area contributed by atoms with Gasteiger partial charge in [-0.25, -0.2) is 9.13 Å². The van der Waals surface area contributed by atoms with Crippen LogP contribution in [0.2, 0.25) is 0 Å². The number of esters is 4. The molecule has 19 heteroatoms. The molecule has 5 atom stereocenters. The molecule has 2 unspecified atom stereocenters. The third kappa shape index (κ3) is 64.8. The minimum Gasteiger partial charge on any atom is -0.462 e. The number of rotatable bonds is 71. The van der Waals surface area contributed by atoms with Crippen LogP contribution in [0.25, 0.3) is 0 Å². The van der Waals surface area contributed by atoms with E-state index in [0.717, 1.165) is 102 Å². The molecule has 0 aromatic rings. The first-order chi connectivity index (χ1) is 43.5. The van der Waals surface area contributed by atoms with Crippen molar-refractivity contribution in [2.75, 3.05) is 39.6 Å². The standard InChI is InChI=1S/C71H138O17P2/c1-6-9-12-15-18-21-23-28-32-36-40-45-50-55-69(74)82-61-67(88-71(76)57-52-47-42-37-33-30-27-25-24-26-29-31-34-38-43-48-53-64(4)5)63-86-90(79,80)84-59-65(72)58-83-89(77,78)85-62-66(60-81-68(73)54-49-44-39-20-17-14-11-8-3)87-70(75)56-51-46-41-35-22-19-16-13-10-7-2/h64-67,72H,6-63H2,1-5H3,(H,77,78)(H,79,80)/t65-,66+,67+/m0/s1.